The maximum atomic E-state index is 12.5. The van der Waals surface area contributed by atoms with Crippen LogP contribution < -0.4 is 16.0 Å². The van der Waals surface area contributed by atoms with Crippen molar-refractivity contribution in [3.05, 3.63) is 89.5 Å². The standard InChI is InChI=1S/C24H23N3O4/c1-16-12-13-20(17(2)14-16)26-24(30)27-22(28)15-31-23(29)19-10-6-7-11-21(19)25-18-8-4-3-5-9-18/h3-14,25H,15H2,1-2H3,(H2,26,27,28,30). The van der Waals surface area contributed by atoms with E-state index in [1.807, 2.05) is 56.3 Å². The first kappa shape index (κ1) is 21.6. The Morgan fingerprint density at radius 1 is 0.839 bits per heavy atom. The molecule has 0 saturated carbocycles. The Morgan fingerprint density at radius 3 is 2.29 bits per heavy atom. The third kappa shape index (κ3) is 6.17. The minimum atomic E-state index is -0.732. The number of para-hydroxylation sites is 2. The van der Waals surface area contributed by atoms with Crippen LogP contribution in [-0.4, -0.2) is 24.5 Å². The maximum Gasteiger partial charge on any atom is 0.340 e. The van der Waals surface area contributed by atoms with Crippen LogP contribution in [0.15, 0.2) is 72.8 Å². The highest BCUT2D eigenvalue weighted by atomic mass is 16.5. The summed E-state index contributed by atoms with van der Waals surface area (Å²) in [6, 6.07) is 21.0. The SMILES string of the molecule is Cc1ccc(NC(=O)NC(=O)COC(=O)c2ccccc2Nc2ccccc2)c(C)c1. The molecule has 0 atom stereocenters. The lowest BCUT2D eigenvalue weighted by molar-refractivity contribution is -0.123. The number of anilines is 3. The van der Waals surface area contributed by atoms with Gasteiger partial charge in [-0.25, -0.2) is 9.59 Å². The van der Waals surface area contributed by atoms with Gasteiger partial charge in [0.05, 0.1) is 11.3 Å². The van der Waals surface area contributed by atoms with E-state index in [1.54, 1.807) is 30.3 Å². The molecular weight excluding hydrogens is 394 g/mol. The summed E-state index contributed by atoms with van der Waals surface area (Å²) in [6.45, 7) is 3.22. The predicted molar refractivity (Wildman–Crippen MR) is 120 cm³/mol. The number of ether oxygens (including phenoxy) is 1. The minimum Gasteiger partial charge on any atom is -0.452 e. The molecule has 0 aliphatic carbocycles. The minimum absolute atomic E-state index is 0.277. The van der Waals surface area contributed by atoms with E-state index in [2.05, 4.69) is 16.0 Å². The molecule has 7 heteroatoms. The topological polar surface area (TPSA) is 96.5 Å². The number of aryl methyl sites for hydroxylation is 2. The summed E-state index contributed by atoms with van der Waals surface area (Å²) in [6.07, 6.45) is 0. The average molecular weight is 417 g/mol. The molecule has 3 aromatic carbocycles. The first-order chi connectivity index (χ1) is 14.9. The molecule has 3 amide bonds. The number of carbonyl (C=O) groups is 3. The van der Waals surface area contributed by atoms with Crippen molar-refractivity contribution in [2.24, 2.45) is 0 Å². The van der Waals surface area contributed by atoms with E-state index in [1.165, 1.54) is 0 Å². The summed E-state index contributed by atoms with van der Waals surface area (Å²) in [5.74, 6) is -1.41. The summed E-state index contributed by atoms with van der Waals surface area (Å²) in [4.78, 5) is 36.5. The fourth-order valence-corrected chi connectivity index (χ4v) is 2.93. The normalized spacial score (nSPS) is 10.1. The van der Waals surface area contributed by atoms with Crippen molar-refractivity contribution in [3.63, 3.8) is 0 Å². The van der Waals surface area contributed by atoms with Gasteiger partial charge in [0.1, 0.15) is 0 Å². The smallest absolute Gasteiger partial charge is 0.340 e. The third-order valence-electron chi connectivity index (χ3n) is 4.42. The van der Waals surface area contributed by atoms with E-state index in [-0.39, 0.29) is 5.56 Å². The van der Waals surface area contributed by atoms with Crippen molar-refractivity contribution in [3.8, 4) is 0 Å². The second-order valence-corrected chi connectivity index (χ2v) is 6.93. The Hall–Kier alpha value is -4.13. The zero-order valence-electron chi connectivity index (χ0n) is 17.3. The number of carbonyl (C=O) groups excluding carboxylic acids is 3. The van der Waals surface area contributed by atoms with E-state index in [9.17, 15) is 14.4 Å². The molecule has 0 heterocycles. The molecule has 0 unspecified atom stereocenters. The van der Waals surface area contributed by atoms with Gasteiger partial charge in [0.15, 0.2) is 6.61 Å². The van der Waals surface area contributed by atoms with Crippen molar-refractivity contribution in [1.82, 2.24) is 5.32 Å². The highest BCUT2D eigenvalue weighted by Gasteiger charge is 2.16. The van der Waals surface area contributed by atoms with E-state index < -0.39 is 24.5 Å². The van der Waals surface area contributed by atoms with Crippen molar-refractivity contribution < 1.29 is 19.1 Å². The van der Waals surface area contributed by atoms with Gasteiger partial charge in [-0.2, -0.15) is 0 Å². The fourth-order valence-electron chi connectivity index (χ4n) is 2.93. The molecule has 7 nitrogen and oxygen atoms in total. The molecule has 31 heavy (non-hydrogen) atoms. The van der Waals surface area contributed by atoms with Crippen molar-refractivity contribution in [2.45, 2.75) is 13.8 Å². The van der Waals surface area contributed by atoms with Gasteiger partial charge in [-0.1, -0.05) is 48.0 Å². The Bertz CT molecular complexity index is 1100. The Balaban J connectivity index is 1.54. The molecule has 0 aromatic heterocycles. The summed E-state index contributed by atoms with van der Waals surface area (Å²) < 4.78 is 5.09. The lowest BCUT2D eigenvalue weighted by atomic mass is 10.1. The van der Waals surface area contributed by atoms with Crippen LogP contribution in [0.25, 0.3) is 0 Å². The Labute approximate surface area is 180 Å². The van der Waals surface area contributed by atoms with E-state index >= 15 is 0 Å². The largest absolute Gasteiger partial charge is 0.452 e. The number of rotatable bonds is 6. The summed E-state index contributed by atoms with van der Waals surface area (Å²) in [7, 11) is 0. The van der Waals surface area contributed by atoms with Crippen LogP contribution in [0, 0.1) is 13.8 Å². The van der Waals surface area contributed by atoms with Crippen LogP contribution in [-0.2, 0) is 9.53 Å². The first-order valence-electron chi connectivity index (χ1n) is 9.68. The number of hydrogen-bond donors (Lipinski definition) is 3. The molecular formula is C24H23N3O4. The molecule has 3 aromatic rings. The fraction of sp³-hybridized carbons (Fsp3) is 0.125. The number of urea groups is 1. The number of imide groups is 1. The quantitative estimate of drug-likeness (QED) is 0.511. The molecule has 0 radical (unpaired) electrons. The molecule has 0 fully saturated rings. The van der Waals surface area contributed by atoms with Gasteiger partial charge in [-0.05, 0) is 49.7 Å². The lowest BCUT2D eigenvalue weighted by Gasteiger charge is -2.12. The second kappa shape index (κ2) is 10.1. The van der Waals surface area contributed by atoms with Gasteiger partial charge in [-0.15, -0.1) is 0 Å². The van der Waals surface area contributed by atoms with Crippen LogP contribution in [0.3, 0.4) is 0 Å². The average Bonchev–Trinajstić information content (AvgIpc) is 2.75. The summed E-state index contributed by atoms with van der Waals surface area (Å²) in [5.41, 5.74) is 4.16. The molecule has 0 saturated heterocycles. The highest BCUT2D eigenvalue weighted by Crippen LogP contribution is 2.21. The van der Waals surface area contributed by atoms with Gasteiger partial charge in [0, 0.05) is 11.4 Å². The second-order valence-electron chi connectivity index (χ2n) is 6.93. The van der Waals surface area contributed by atoms with Crippen LogP contribution in [0.5, 0.6) is 0 Å². The van der Waals surface area contributed by atoms with Gasteiger partial charge >= 0.3 is 12.0 Å². The predicted octanol–water partition coefficient (Wildman–Crippen LogP) is 4.55. The van der Waals surface area contributed by atoms with Crippen molar-refractivity contribution in [1.29, 1.82) is 0 Å². The zero-order valence-corrected chi connectivity index (χ0v) is 17.3. The molecule has 0 aliphatic rings. The van der Waals surface area contributed by atoms with Crippen LogP contribution in [0.2, 0.25) is 0 Å². The van der Waals surface area contributed by atoms with Gasteiger partial charge in [-0.3, -0.25) is 10.1 Å². The number of benzene rings is 3. The van der Waals surface area contributed by atoms with Crippen LogP contribution in [0.4, 0.5) is 21.9 Å². The highest BCUT2D eigenvalue weighted by molar-refractivity contribution is 6.03. The van der Waals surface area contributed by atoms with E-state index in [4.69, 9.17) is 4.74 Å². The van der Waals surface area contributed by atoms with Crippen molar-refractivity contribution >= 4 is 35.0 Å². The van der Waals surface area contributed by atoms with Gasteiger partial charge < -0.3 is 15.4 Å². The van der Waals surface area contributed by atoms with Crippen LogP contribution >= 0.6 is 0 Å². The van der Waals surface area contributed by atoms with Crippen molar-refractivity contribution in [2.75, 3.05) is 17.2 Å². The third-order valence-corrected chi connectivity index (χ3v) is 4.42. The molecule has 0 spiro atoms. The molecule has 158 valence electrons. The Morgan fingerprint density at radius 2 is 1.55 bits per heavy atom. The summed E-state index contributed by atoms with van der Waals surface area (Å²) in [5, 5.41) is 7.90. The number of amides is 3. The molecule has 0 bridgehead atoms. The number of hydrogen-bond acceptors (Lipinski definition) is 5. The van der Waals surface area contributed by atoms with Gasteiger partial charge in [0.25, 0.3) is 5.91 Å². The monoisotopic (exact) mass is 417 g/mol. The maximum absolute atomic E-state index is 12.5. The van der Waals surface area contributed by atoms with Gasteiger partial charge in [0.2, 0.25) is 0 Å². The van der Waals surface area contributed by atoms with E-state index in [0.717, 1.165) is 16.8 Å². The molecule has 3 N–H and O–H groups in total. The Kier molecular flexibility index (Phi) is 7.01. The van der Waals surface area contributed by atoms with E-state index in [0.29, 0.717) is 11.4 Å². The number of nitrogens with one attached hydrogen (secondary N) is 3. The number of esters is 1. The lowest BCUT2D eigenvalue weighted by Crippen LogP contribution is -2.37. The first-order valence-corrected chi connectivity index (χ1v) is 9.68. The molecule has 3 rings (SSSR count). The molecule has 0 aliphatic heterocycles. The van der Waals surface area contributed by atoms with Crippen LogP contribution in [0.1, 0.15) is 21.5 Å². The zero-order chi connectivity index (χ0) is 22.2. The summed E-state index contributed by atoms with van der Waals surface area (Å²) >= 11 is 0.